The lowest BCUT2D eigenvalue weighted by Crippen LogP contribution is -2.10. The summed E-state index contributed by atoms with van der Waals surface area (Å²) in [4.78, 5) is 0. The molecule has 0 radical (unpaired) electrons. The van der Waals surface area contributed by atoms with Crippen molar-refractivity contribution < 1.29 is 4.52 Å². The molecular formula is C27H31N3O. The molecule has 4 heteroatoms. The van der Waals surface area contributed by atoms with Crippen molar-refractivity contribution in [3.05, 3.63) is 47.9 Å². The number of fused-ring (bicyclic) bond motifs is 3. The summed E-state index contributed by atoms with van der Waals surface area (Å²) < 4.78 is 7.99. The second-order valence-corrected chi connectivity index (χ2v) is 9.75. The normalized spacial score (nSPS) is 17.2. The molecule has 0 aliphatic heterocycles. The SMILES string of the molecule is Cc1noc(C)c1-c1ccc2c(c1)c1ccc(NCC3CCCC3)cc1n2CC1CC1. The fourth-order valence-electron chi connectivity index (χ4n) is 5.49. The molecule has 4 aromatic rings. The molecule has 6 rings (SSSR count). The van der Waals surface area contributed by atoms with E-state index in [1.165, 1.54) is 71.6 Å². The molecule has 160 valence electrons. The largest absolute Gasteiger partial charge is 0.385 e. The molecule has 2 aliphatic carbocycles. The van der Waals surface area contributed by atoms with Crippen molar-refractivity contribution in [3.63, 3.8) is 0 Å². The summed E-state index contributed by atoms with van der Waals surface area (Å²) in [5, 5.41) is 10.6. The lowest BCUT2D eigenvalue weighted by atomic mass is 10.0. The number of benzene rings is 2. The molecule has 0 amide bonds. The van der Waals surface area contributed by atoms with E-state index in [9.17, 15) is 0 Å². The molecule has 2 saturated carbocycles. The summed E-state index contributed by atoms with van der Waals surface area (Å²) in [6.07, 6.45) is 8.27. The second kappa shape index (κ2) is 7.44. The highest BCUT2D eigenvalue weighted by molar-refractivity contribution is 6.10. The zero-order valence-electron chi connectivity index (χ0n) is 18.6. The standard InChI is InChI=1S/C27H31N3O/c1-17-27(18(2)31-29-17)21-9-12-25-24(13-21)23-11-10-22(28-15-19-5-3-4-6-19)14-26(23)30(25)16-20-7-8-20/h9-14,19-20,28H,3-8,15-16H2,1-2H3. The molecule has 4 nitrogen and oxygen atoms in total. The molecule has 2 aromatic carbocycles. The molecule has 0 saturated heterocycles. The van der Waals surface area contributed by atoms with Crippen molar-refractivity contribution in [2.45, 2.75) is 58.9 Å². The van der Waals surface area contributed by atoms with E-state index in [0.717, 1.165) is 41.9 Å². The number of hydrogen-bond donors (Lipinski definition) is 1. The van der Waals surface area contributed by atoms with Crippen LogP contribution in [0.2, 0.25) is 0 Å². The molecular weight excluding hydrogens is 382 g/mol. The maximum atomic E-state index is 5.44. The lowest BCUT2D eigenvalue weighted by Gasteiger charge is -2.13. The van der Waals surface area contributed by atoms with Crippen LogP contribution in [-0.4, -0.2) is 16.3 Å². The number of rotatable bonds is 6. The molecule has 0 atom stereocenters. The van der Waals surface area contributed by atoms with Gasteiger partial charge in [0.25, 0.3) is 0 Å². The van der Waals surface area contributed by atoms with E-state index in [4.69, 9.17) is 4.52 Å². The minimum atomic E-state index is 0.830. The quantitative estimate of drug-likeness (QED) is 0.367. The second-order valence-electron chi connectivity index (χ2n) is 9.75. The Labute approximate surface area is 183 Å². The number of aromatic nitrogens is 2. The number of nitrogens with zero attached hydrogens (tertiary/aromatic N) is 2. The van der Waals surface area contributed by atoms with Crippen molar-refractivity contribution in [2.75, 3.05) is 11.9 Å². The molecule has 0 unspecified atom stereocenters. The summed E-state index contributed by atoms with van der Waals surface area (Å²) in [6.45, 7) is 6.24. The van der Waals surface area contributed by atoms with E-state index < -0.39 is 0 Å². The van der Waals surface area contributed by atoms with Crippen LogP contribution in [0.5, 0.6) is 0 Å². The van der Waals surface area contributed by atoms with E-state index in [-0.39, 0.29) is 0 Å². The van der Waals surface area contributed by atoms with Gasteiger partial charge in [-0.3, -0.25) is 0 Å². The molecule has 2 aliphatic rings. The van der Waals surface area contributed by atoms with Gasteiger partial charge in [-0.25, -0.2) is 0 Å². The lowest BCUT2D eigenvalue weighted by molar-refractivity contribution is 0.393. The Hall–Kier alpha value is -2.75. The highest BCUT2D eigenvalue weighted by Gasteiger charge is 2.24. The third-order valence-corrected chi connectivity index (χ3v) is 7.40. The van der Waals surface area contributed by atoms with Crippen LogP contribution in [0.25, 0.3) is 32.9 Å². The fourth-order valence-corrected chi connectivity index (χ4v) is 5.49. The highest BCUT2D eigenvalue weighted by Crippen LogP contribution is 2.39. The Morgan fingerprint density at radius 3 is 2.52 bits per heavy atom. The zero-order valence-corrected chi connectivity index (χ0v) is 18.6. The van der Waals surface area contributed by atoms with Crippen molar-refractivity contribution >= 4 is 27.5 Å². The topological polar surface area (TPSA) is 43.0 Å². The van der Waals surface area contributed by atoms with Gasteiger partial charge in [0.2, 0.25) is 0 Å². The monoisotopic (exact) mass is 413 g/mol. The van der Waals surface area contributed by atoms with Crippen LogP contribution in [0.3, 0.4) is 0 Å². The van der Waals surface area contributed by atoms with Crippen LogP contribution >= 0.6 is 0 Å². The first-order valence-electron chi connectivity index (χ1n) is 11.9. The van der Waals surface area contributed by atoms with Gasteiger partial charge >= 0.3 is 0 Å². The molecule has 2 heterocycles. The average molecular weight is 414 g/mol. The van der Waals surface area contributed by atoms with Gasteiger partial charge in [0.05, 0.1) is 11.2 Å². The van der Waals surface area contributed by atoms with Crippen molar-refractivity contribution in [1.29, 1.82) is 0 Å². The van der Waals surface area contributed by atoms with Crippen molar-refractivity contribution in [1.82, 2.24) is 9.72 Å². The molecule has 0 spiro atoms. The van der Waals surface area contributed by atoms with Gasteiger partial charge in [-0.15, -0.1) is 0 Å². The number of anilines is 1. The van der Waals surface area contributed by atoms with Crippen LogP contribution in [0.4, 0.5) is 5.69 Å². The molecule has 2 fully saturated rings. The molecule has 2 aromatic heterocycles. The third-order valence-electron chi connectivity index (χ3n) is 7.40. The molecule has 0 bridgehead atoms. The van der Waals surface area contributed by atoms with E-state index >= 15 is 0 Å². The van der Waals surface area contributed by atoms with Crippen molar-refractivity contribution in [2.24, 2.45) is 11.8 Å². The highest BCUT2D eigenvalue weighted by atomic mass is 16.5. The summed E-state index contributed by atoms with van der Waals surface area (Å²) >= 11 is 0. The van der Waals surface area contributed by atoms with Gasteiger partial charge in [-0.05, 0) is 81.2 Å². The minimum Gasteiger partial charge on any atom is -0.385 e. The predicted molar refractivity (Wildman–Crippen MR) is 128 cm³/mol. The number of nitrogens with one attached hydrogen (secondary N) is 1. The Balaban J connectivity index is 1.44. The van der Waals surface area contributed by atoms with Crippen LogP contribution < -0.4 is 5.32 Å². The maximum absolute atomic E-state index is 5.44. The molecule has 1 N–H and O–H groups in total. The van der Waals surface area contributed by atoms with Crippen LogP contribution in [0.1, 0.15) is 50.0 Å². The van der Waals surface area contributed by atoms with Gasteiger partial charge in [-0.1, -0.05) is 30.1 Å². The smallest absolute Gasteiger partial charge is 0.141 e. The maximum Gasteiger partial charge on any atom is 0.141 e. The van der Waals surface area contributed by atoms with Gasteiger partial charge in [0.15, 0.2) is 0 Å². The van der Waals surface area contributed by atoms with E-state index in [1.807, 2.05) is 13.8 Å². The van der Waals surface area contributed by atoms with Crippen LogP contribution in [-0.2, 0) is 6.54 Å². The third kappa shape index (κ3) is 3.42. The van der Waals surface area contributed by atoms with Gasteiger partial charge in [0.1, 0.15) is 5.76 Å². The van der Waals surface area contributed by atoms with Crippen molar-refractivity contribution in [3.8, 4) is 11.1 Å². The summed E-state index contributed by atoms with van der Waals surface area (Å²) in [6, 6.07) is 13.8. The Morgan fingerprint density at radius 1 is 0.935 bits per heavy atom. The summed E-state index contributed by atoms with van der Waals surface area (Å²) in [5.41, 5.74) is 7.22. The Morgan fingerprint density at radius 2 is 1.77 bits per heavy atom. The minimum absolute atomic E-state index is 0.830. The van der Waals surface area contributed by atoms with Crippen LogP contribution in [0, 0.1) is 25.7 Å². The molecule has 31 heavy (non-hydrogen) atoms. The first-order valence-corrected chi connectivity index (χ1v) is 11.9. The first-order chi connectivity index (χ1) is 15.2. The number of hydrogen-bond acceptors (Lipinski definition) is 3. The van der Waals surface area contributed by atoms with Gasteiger partial charge in [-0.2, -0.15) is 0 Å². The van der Waals surface area contributed by atoms with Gasteiger partial charge < -0.3 is 14.4 Å². The Kier molecular flexibility index (Phi) is 4.55. The predicted octanol–water partition coefficient (Wildman–Crippen LogP) is 7.08. The number of aryl methyl sites for hydroxylation is 2. The fraction of sp³-hybridized carbons (Fsp3) is 0.444. The zero-order chi connectivity index (χ0) is 20.9. The Bertz CT molecular complexity index is 1240. The van der Waals surface area contributed by atoms with Gasteiger partial charge in [0, 0.05) is 40.6 Å². The summed E-state index contributed by atoms with van der Waals surface area (Å²) in [7, 11) is 0. The van der Waals surface area contributed by atoms with E-state index in [1.54, 1.807) is 0 Å². The van der Waals surface area contributed by atoms with E-state index in [0.29, 0.717) is 0 Å². The first kappa shape index (κ1) is 19.0. The van der Waals surface area contributed by atoms with Crippen LogP contribution in [0.15, 0.2) is 40.9 Å². The average Bonchev–Trinajstić information content (AvgIpc) is 3.19. The summed E-state index contributed by atoms with van der Waals surface area (Å²) in [5.74, 6) is 2.55. The van der Waals surface area contributed by atoms with E-state index in [2.05, 4.69) is 51.4 Å².